The summed E-state index contributed by atoms with van der Waals surface area (Å²) in [5.41, 5.74) is 3.50. The SMILES string of the molecule is COc1ccc(NC(=O)[C@@H](C)Nc2ccc(-c3csc(C)n3)cc2)cc1Cl. The molecular formula is C20H20ClN3O2S. The number of hydrogen-bond donors (Lipinski definition) is 2. The van der Waals surface area contributed by atoms with Gasteiger partial charge in [0.1, 0.15) is 11.8 Å². The van der Waals surface area contributed by atoms with Crippen molar-refractivity contribution in [3.8, 4) is 17.0 Å². The van der Waals surface area contributed by atoms with Crippen LogP contribution in [0.2, 0.25) is 5.02 Å². The summed E-state index contributed by atoms with van der Waals surface area (Å²) in [4.78, 5) is 16.9. The fourth-order valence-corrected chi connectivity index (χ4v) is 3.42. The second kappa shape index (κ2) is 8.41. The Bertz CT molecular complexity index is 941. The Morgan fingerprint density at radius 3 is 2.48 bits per heavy atom. The van der Waals surface area contributed by atoms with Crippen molar-refractivity contribution in [2.45, 2.75) is 19.9 Å². The van der Waals surface area contributed by atoms with Crippen LogP contribution in [0.15, 0.2) is 47.8 Å². The summed E-state index contributed by atoms with van der Waals surface area (Å²) >= 11 is 7.72. The van der Waals surface area contributed by atoms with Crippen LogP contribution in [0.1, 0.15) is 11.9 Å². The van der Waals surface area contributed by atoms with Crippen LogP contribution in [-0.2, 0) is 4.79 Å². The summed E-state index contributed by atoms with van der Waals surface area (Å²) in [6.07, 6.45) is 0. The van der Waals surface area contributed by atoms with Gasteiger partial charge in [-0.3, -0.25) is 4.79 Å². The number of carbonyl (C=O) groups is 1. The number of aryl methyl sites for hydroxylation is 1. The second-order valence-electron chi connectivity index (χ2n) is 6.03. The van der Waals surface area contributed by atoms with Gasteiger partial charge in [0.05, 0.1) is 22.8 Å². The van der Waals surface area contributed by atoms with Gasteiger partial charge < -0.3 is 15.4 Å². The van der Waals surface area contributed by atoms with E-state index in [1.807, 2.05) is 36.6 Å². The smallest absolute Gasteiger partial charge is 0.246 e. The third kappa shape index (κ3) is 4.78. The summed E-state index contributed by atoms with van der Waals surface area (Å²) in [6, 6.07) is 12.6. The Morgan fingerprint density at radius 2 is 1.89 bits per heavy atom. The number of amides is 1. The first kappa shape index (κ1) is 19.2. The van der Waals surface area contributed by atoms with Gasteiger partial charge in [0.2, 0.25) is 5.91 Å². The van der Waals surface area contributed by atoms with Crippen molar-refractivity contribution in [3.05, 3.63) is 57.9 Å². The fourth-order valence-electron chi connectivity index (χ4n) is 2.54. The average molecular weight is 402 g/mol. The van der Waals surface area contributed by atoms with Gasteiger partial charge in [-0.25, -0.2) is 4.98 Å². The van der Waals surface area contributed by atoms with Gasteiger partial charge >= 0.3 is 0 Å². The number of nitrogens with one attached hydrogen (secondary N) is 2. The van der Waals surface area contributed by atoms with Crippen LogP contribution in [-0.4, -0.2) is 24.0 Å². The van der Waals surface area contributed by atoms with E-state index < -0.39 is 6.04 Å². The van der Waals surface area contributed by atoms with E-state index >= 15 is 0 Å². The van der Waals surface area contributed by atoms with Gasteiger partial charge in [0, 0.05) is 22.3 Å². The van der Waals surface area contributed by atoms with Crippen molar-refractivity contribution in [1.82, 2.24) is 4.98 Å². The molecule has 0 aliphatic rings. The molecule has 0 aliphatic carbocycles. The Hall–Kier alpha value is -2.57. The van der Waals surface area contributed by atoms with Crippen molar-refractivity contribution in [3.63, 3.8) is 0 Å². The number of aromatic nitrogens is 1. The molecule has 1 aromatic heterocycles. The lowest BCUT2D eigenvalue weighted by Crippen LogP contribution is -2.31. The maximum Gasteiger partial charge on any atom is 0.246 e. The molecule has 0 bridgehead atoms. The predicted octanol–water partition coefficient (Wildman–Crippen LogP) is 5.22. The average Bonchev–Trinajstić information content (AvgIpc) is 3.09. The highest BCUT2D eigenvalue weighted by molar-refractivity contribution is 7.09. The summed E-state index contributed by atoms with van der Waals surface area (Å²) in [5, 5.41) is 9.56. The van der Waals surface area contributed by atoms with E-state index in [9.17, 15) is 4.79 Å². The summed E-state index contributed by atoms with van der Waals surface area (Å²) in [7, 11) is 1.55. The highest BCUT2D eigenvalue weighted by Gasteiger charge is 2.14. The molecule has 0 radical (unpaired) electrons. The molecule has 3 aromatic rings. The number of rotatable bonds is 6. The molecule has 1 atom stereocenters. The zero-order valence-electron chi connectivity index (χ0n) is 15.2. The number of thiazole rings is 1. The van der Waals surface area contributed by atoms with Crippen LogP contribution in [0.5, 0.6) is 5.75 Å². The summed E-state index contributed by atoms with van der Waals surface area (Å²) < 4.78 is 5.11. The monoisotopic (exact) mass is 401 g/mol. The Labute approximate surface area is 167 Å². The molecule has 5 nitrogen and oxygen atoms in total. The largest absolute Gasteiger partial charge is 0.495 e. The van der Waals surface area contributed by atoms with Crippen LogP contribution in [0.3, 0.4) is 0 Å². The highest BCUT2D eigenvalue weighted by Crippen LogP contribution is 2.27. The number of hydrogen-bond acceptors (Lipinski definition) is 5. The molecule has 7 heteroatoms. The topological polar surface area (TPSA) is 63.2 Å². The minimum atomic E-state index is -0.418. The normalized spacial score (nSPS) is 11.7. The second-order valence-corrected chi connectivity index (χ2v) is 7.50. The van der Waals surface area contributed by atoms with E-state index in [0.717, 1.165) is 22.0 Å². The van der Waals surface area contributed by atoms with E-state index in [4.69, 9.17) is 16.3 Å². The molecule has 0 fully saturated rings. The Balaban J connectivity index is 1.61. The van der Waals surface area contributed by atoms with Gasteiger partial charge in [-0.05, 0) is 44.2 Å². The summed E-state index contributed by atoms with van der Waals surface area (Å²) in [5.74, 6) is 0.409. The van der Waals surface area contributed by atoms with Crippen molar-refractivity contribution < 1.29 is 9.53 Å². The standard InChI is InChI=1S/C20H20ClN3O2S/c1-12(20(25)24-16-8-9-19(26-3)17(21)10-16)22-15-6-4-14(5-7-15)18-11-27-13(2)23-18/h4-12,22H,1-3H3,(H,24,25)/t12-/m1/s1. The first-order valence-corrected chi connectivity index (χ1v) is 9.65. The zero-order chi connectivity index (χ0) is 19.4. The van der Waals surface area contributed by atoms with E-state index in [1.54, 1.807) is 43.6 Å². The molecule has 1 amide bonds. The van der Waals surface area contributed by atoms with Crippen molar-refractivity contribution >= 4 is 40.2 Å². The molecule has 0 aliphatic heterocycles. The van der Waals surface area contributed by atoms with E-state index in [2.05, 4.69) is 15.6 Å². The van der Waals surface area contributed by atoms with Gasteiger partial charge in [0.15, 0.2) is 0 Å². The molecule has 2 N–H and O–H groups in total. The number of anilines is 2. The maximum atomic E-state index is 12.4. The number of ether oxygens (including phenoxy) is 1. The number of nitrogens with zero attached hydrogens (tertiary/aromatic N) is 1. The van der Waals surface area contributed by atoms with E-state index in [-0.39, 0.29) is 5.91 Å². The minimum Gasteiger partial charge on any atom is -0.495 e. The Morgan fingerprint density at radius 1 is 1.19 bits per heavy atom. The fraction of sp³-hybridized carbons (Fsp3) is 0.200. The van der Waals surface area contributed by atoms with E-state index in [0.29, 0.717) is 16.5 Å². The lowest BCUT2D eigenvalue weighted by Gasteiger charge is -2.16. The molecule has 0 spiro atoms. The predicted molar refractivity (Wildman–Crippen MR) is 112 cm³/mol. The Kier molecular flexibility index (Phi) is 5.98. The van der Waals surface area contributed by atoms with Crippen LogP contribution < -0.4 is 15.4 Å². The maximum absolute atomic E-state index is 12.4. The van der Waals surface area contributed by atoms with Gasteiger partial charge in [0.25, 0.3) is 0 Å². The minimum absolute atomic E-state index is 0.157. The zero-order valence-corrected chi connectivity index (χ0v) is 16.8. The van der Waals surface area contributed by atoms with Crippen molar-refractivity contribution in [1.29, 1.82) is 0 Å². The number of methoxy groups -OCH3 is 1. The third-order valence-electron chi connectivity index (χ3n) is 4.00. The molecule has 27 heavy (non-hydrogen) atoms. The molecule has 0 saturated carbocycles. The van der Waals surface area contributed by atoms with Crippen LogP contribution in [0.25, 0.3) is 11.3 Å². The first-order valence-electron chi connectivity index (χ1n) is 8.40. The number of benzene rings is 2. The first-order chi connectivity index (χ1) is 13.0. The highest BCUT2D eigenvalue weighted by atomic mass is 35.5. The molecule has 3 rings (SSSR count). The van der Waals surface area contributed by atoms with Gasteiger partial charge in [-0.2, -0.15) is 0 Å². The van der Waals surface area contributed by atoms with Crippen molar-refractivity contribution in [2.24, 2.45) is 0 Å². The third-order valence-corrected chi connectivity index (χ3v) is 5.06. The molecule has 2 aromatic carbocycles. The van der Waals surface area contributed by atoms with Gasteiger partial charge in [-0.15, -0.1) is 11.3 Å². The molecule has 0 unspecified atom stereocenters. The van der Waals surface area contributed by atoms with Crippen LogP contribution >= 0.6 is 22.9 Å². The number of carbonyl (C=O) groups excluding carboxylic acids is 1. The lowest BCUT2D eigenvalue weighted by molar-refractivity contribution is -0.116. The van der Waals surface area contributed by atoms with Crippen LogP contribution in [0.4, 0.5) is 11.4 Å². The molecule has 140 valence electrons. The number of halogens is 1. The lowest BCUT2D eigenvalue weighted by atomic mass is 10.1. The van der Waals surface area contributed by atoms with Crippen molar-refractivity contribution in [2.75, 3.05) is 17.7 Å². The molecule has 0 saturated heterocycles. The quantitative estimate of drug-likeness (QED) is 0.594. The van der Waals surface area contributed by atoms with E-state index in [1.165, 1.54) is 0 Å². The molecule has 1 heterocycles. The van der Waals surface area contributed by atoms with Gasteiger partial charge in [-0.1, -0.05) is 23.7 Å². The molecular weight excluding hydrogens is 382 g/mol. The summed E-state index contributed by atoms with van der Waals surface area (Å²) in [6.45, 7) is 3.79. The van der Waals surface area contributed by atoms with Crippen LogP contribution in [0, 0.1) is 6.92 Å².